The molecule has 18 heavy (non-hydrogen) atoms. The fourth-order valence-electron chi connectivity index (χ4n) is 2.28. The summed E-state index contributed by atoms with van der Waals surface area (Å²) in [6, 6.07) is 4.08. The highest BCUT2D eigenvalue weighted by Crippen LogP contribution is 2.44. The van der Waals surface area contributed by atoms with Crippen molar-refractivity contribution in [1.29, 1.82) is 0 Å². The number of nitrogens with one attached hydrogen (secondary N) is 2. The lowest BCUT2D eigenvalue weighted by Gasteiger charge is -2.14. The first kappa shape index (κ1) is 11.7. The minimum atomic E-state index is 0.0938. The van der Waals surface area contributed by atoms with Gasteiger partial charge < -0.3 is 10.6 Å². The monoisotopic (exact) mass is 245 g/mol. The van der Waals surface area contributed by atoms with Crippen LogP contribution in [0.4, 0.5) is 0 Å². The van der Waals surface area contributed by atoms with Gasteiger partial charge in [-0.2, -0.15) is 0 Å². The molecule has 0 atom stereocenters. The summed E-state index contributed by atoms with van der Waals surface area (Å²) in [5.74, 6) is 0.474. The zero-order chi connectivity index (χ0) is 12.6. The Morgan fingerprint density at radius 3 is 2.89 bits per heavy atom. The van der Waals surface area contributed by atoms with Gasteiger partial charge >= 0.3 is 0 Å². The molecule has 0 saturated heterocycles. The highest BCUT2D eigenvalue weighted by Gasteiger charge is 2.44. The SMILES string of the molecule is CNC1(c2cc(CNC(=O)C3CC3)ccn2)CC1. The molecule has 2 fully saturated rings. The zero-order valence-electron chi connectivity index (χ0n) is 10.7. The molecule has 2 aliphatic rings. The van der Waals surface area contributed by atoms with Crippen LogP contribution in [-0.4, -0.2) is 17.9 Å². The van der Waals surface area contributed by atoms with Gasteiger partial charge in [-0.1, -0.05) is 0 Å². The van der Waals surface area contributed by atoms with Crippen molar-refractivity contribution in [3.05, 3.63) is 29.6 Å². The van der Waals surface area contributed by atoms with Crippen LogP contribution in [0.3, 0.4) is 0 Å². The summed E-state index contributed by atoms with van der Waals surface area (Å²) in [5, 5.41) is 6.33. The average Bonchev–Trinajstić information content (AvgIpc) is 3.30. The number of hydrogen-bond acceptors (Lipinski definition) is 3. The molecular formula is C14H19N3O. The van der Waals surface area contributed by atoms with E-state index in [2.05, 4.69) is 21.7 Å². The van der Waals surface area contributed by atoms with Gasteiger partial charge in [0.2, 0.25) is 5.91 Å². The third-order valence-corrected chi connectivity index (χ3v) is 3.96. The van der Waals surface area contributed by atoms with Crippen molar-refractivity contribution >= 4 is 5.91 Å². The van der Waals surface area contributed by atoms with Crippen LogP contribution in [0, 0.1) is 5.92 Å². The molecule has 3 rings (SSSR count). The molecule has 1 aromatic rings. The van der Waals surface area contributed by atoms with E-state index in [1.54, 1.807) is 0 Å². The van der Waals surface area contributed by atoms with Crippen molar-refractivity contribution in [1.82, 2.24) is 15.6 Å². The van der Waals surface area contributed by atoms with Crippen LogP contribution in [0.25, 0.3) is 0 Å². The van der Waals surface area contributed by atoms with E-state index in [0.29, 0.717) is 6.54 Å². The first-order valence-electron chi connectivity index (χ1n) is 6.65. The highest BCUT2D eigenvalue weighted by atomic mass is 16.2. The smallest absolute Gasteiger partial charge is 0.223 e. The Labute approximate surface area is 107 Å². The maximum absolute atomic E-state index is 11.6. The molecule has 0 spiro atoms. The minimum Gasteiger partial charge on any atom is -0.352 e. The van der Waals surface area contributed by atoms with E-state index in [9.17, 15) is 4.79 Å². The van der Waals surface area contributed by atoms with E-state index in [4.69, 9.17) is 0 Å². The molecule has 2 N–H and O–H groups in total. The van der Waals surface area contributed by atoms with Crippen LogP contribution in [0.2, 0.25) is 0 Å². The van der Waals surface area contributed by atoms with Crippen molar-refractivity contribution in [2.45, 2.75) is 37.8 Å². The molecule has 1 amide bonds. The number of rotatable bonds is 5. The van der Waals surface area contributed by atoms with Gasteiger partial charge in [-0.05, 0) is 50.4 Å². The molecular weight excluding hydrogens is 226 g/mol. The zero-order valence-corrected chi connectivity index (χ0v) is 10.7. The van der Waals surface area contributed by atoms with Crippen LogP contribution < -0.4 is 10.6 Å². The van der Waals surface area contributed by atoms with Gasteiger partial charge in [0.15, 0.2) is 0 Å². The first-order valence-corrected chi connectivity index (χ1v) is 6.65. The minimum absolute atomic E-state index is 0.0938. The molecule has 0 unspecified atom stereocenters. The summed E-state index contributed by atoms with van der Waals surface area (Å²) >= 11 is 0. The van der Waals surface area contributed by atoms with Crippen molar-refractivity contribution in [2.75, 3.05) is 7.05 Å². The molecule has 0 radical (unpaired) electrons. The number of amides is 1. The predicted molar refractivity (Wildman–Crippen MR) is 68.8 cm³/mol. The summed E-state index contributed by atoms with van der Waals surface area (Å²) in [5.41, 5.74) is 2.33. The van der Waals surface area contributed by atoms with Crippen LogP contribution >= 0.6 is 0 Å². The van der Waals surface area contributed by atoms with E-state index >= 15 is 0 Å². The number of aromatic nitrogens is 1. The topological polar surface area (TPSA) is 54.0 Å². The Balaban J connectivity index is 1.65. The van der Waals surface area contributed by atoms with Crippen molar-refractivity contribution < 1.29 is 4.79 Å². The number of nitrogens with zero attached hydrogens (tertiary/aromatic N) is 1. The predicted octanol–water partition coefficient (Wildman–Crippen LogP) is 1.32. The van der Waals surface area contributed by atoms with E-state index in [0.717, 1.165) is 36.9 Å². The Bertz CT molecular complexity index is 464. The first-order chi connectivity index (χ1) is 8.73. The summed E-state index contributed by atoms with van der Waals surface area (Å²) in [6.07, 6.45) is 6.24. The average molecular weight is 245 g/mol. The molecule has 96 valence electrons. The van der Waals surface area contributed by atoms with E-state index < -0.39 is 0 Å². The molecule has 0 aromatic carbocycles. The third-order valence-electron chi connectivity index (χ3n) is 3.96. The number of hydrogen-bond donors (Lipinski definition) is 2. The molecule has 4 nitrogen and oxygen atoms in total. The quantitative estimate of drug-likeness (QED) is 0.822. The maximum Gasteiger partial charge on any atom is 0.223 e. The second-order valence-corrected chi connectivity index (χ2v) is 5.37. The molecule has 4 heteroatoms. The summed E-state index contributed by atoms with van der Waals surface area (Å²) in [6.45, 7) is 0.616. The molecule has 2 saturated carbocycles. The maximum atomic E-state index is 11.6. The van der Waals surface area contributed by atoms with Gasteiger partial charge in [0, 0.05) is 18.7 Å². The lowest BCUT2D eigenvalue weighted by molar-refractivity contribution is -0.122. The Morgan fingerprint density at radius 2 is 2.28 bits per heavy atom. The van der Waals surface area contributed by atoms with E-state index in [-0.39, 0.29) is 17.4 Å². The van der Waals surface area contributed by atoms with Crippen LogP contribution in [0.1, 0.15) is 36.9 Å². The van der Waals surface area contributed by atoms with E-state index in [1.807, 2.05) is 19.3 Å². The molecule has 0 bridgehead atoms. The van der Waals surface area contributed by atoms with Crippen molar-refractivity contribution in [3.8, 4) is 0 Å². The molecule has 1 heterocycles. The van der Waals surface area contributed by atoms with Gasteiger partial charge in [-0.3, -0.25) is 9.78 Å². The third kappa shape index (κ3) is 2.25. The van der Waals surface area contributed by atoms with Crippen LogP contribution in [0.15, 0.2) is 18.3 Å². The summed E-state index contributed by atoms with van der Waals surface area (Å²) < 4.78 is 0. The second-order valence-electron chi connectivity index (χ2n) is 5.37. The van der Waals surface area contributed by atoms with Crippen molar-refractivity contribution in [2.24, 2.45) is 5.92 Å². The highest BCUT2D eigenvalue weighted by molar-refractivity contribution is 5.80. The van der Waals surface area contributed by atoms with Gasteiger partial charge in [0.1, 0.15) is 0 Å². The van der Waals surface area contributed by atoms with E-state index in [1.165, 1.54) is 0 Å². The second kappa shape index (κ2) is 4.35. The molecule has 1 aromatic heterocycles. The Morgan fingerprint density at radius 1 is 1.50 bits per heavy atom. The van der Waals surface area contributed by atoms with Gasteiger partial charge in [-0.15, -0.1) is 0 Å². The molecule has 2 aliphatic carbocycles. The lowest BCUT2D eigenvalue weighted by Crippen LogP contribution is -2.27. The van der Waals surface area contributed by atoms with Crippen LogP contribution in [0.5, 0.6) is 0 Å². The number of pyridine rings is 1. The Kier molecular flexibility index (Phi) is 2.82. The fourth-order valence-corrected chi connectivity index (χ4v) is 2.28. The van der Waals surface area contributed by atoms with Crippen molar-refractivity contribution in [3.63, 3.8) is 0 Å². The number of carbonyl (C=O) groups excluding carboxylic acids is 1. The van der Waals surface area contributed by atoms with Gasteiger partial charge in [-0.25, -0.2) is 0 Å². The van der Waals surface area contributed by atoms with Gasteiger partial charge in [0.25, 0.3) is 0 Å². The summed E-state index contributed by atoms with van der Waals surface area (Å²) in [4.78, 5) is 16.0. The fraction of sp³-hybridized carbons (Fsp3) is 0.571. The van der Waals surface area contributed by atoms with Gasteiger partial charge in [0.05, 0.1) is 11.2 Å². The normalized spacial score (nSPS) is 20.5. The Hall–Kier alpha value is -1.42. The standard InChI is InChI=1S/C14H19N3O/c1-15-14(5-6-14)12-8-10(4-7-16-12)9-17-13(18)11-2-3-11/h4,7-8,11,15H,2-3,5-6,9H2,1H3,(H,17,18). The van der Waals surface area contributed by atoms with Crippen LogP contribution in [-0.2, 0) is 16.9 Å². The molecule has 0 aliphatic heterocycles. The lowest BCUT2D eigenvalue weighted by atomic mass is 10.1. The largest absolute Gasteiger partial charge is 0.352 e. The number of carbonyl (C=O) groups is 1. The summed E-state index contributed by atoms with van der Waals surface area (Å²) in [7, 11) is 1.98.